The van der Waals surface area contributed by atoms with E-state index in [0.29, 0.717) is 17.5 Å². The number of para-hydroxylation sites is 2. The van der Waals surface area contributed by atoms with Gasteiger partial charge < -0.3 is 8.83 Å². The molecule has 0 radical (unpaired) electrons. The maximum atomic E-state index is 6.33. The van der Waals surface area contributed by atoms with Gasteiger partial charge in [-0.15, -0.1) is 0 Å². The Hall–Kier alpha value is -6.07. The Kier molecular flexibility index (Phi) is 5.28. The van der Waals surface area contributed by atoms with Crippen LogP contribution in [0.25, 0.3) is 89.2 Å². The van der Waals surface area contributed by atoms with Crippen LogP contribution in [0, 0.1) is 0 Å². The maximum absolute atomic E-state index is 6.33. The minimum Gasteiger partial charge on any atom is -0.456 e. The van der Waals surface area contributed by atoms with E-state index in [0.717, 1.165) is 60.6 Å². The van der Waals surface area contributed by atoms with Crippen LogP contribution in [-0.4, -0.2) is 15.0 Å². The standard InChI is InChI=1S/C42H27N3O2/c1-42(2)33-23-37-32(27-14-7-9-18-35(27)47-37)22-30(33)28-15-10-16-29(38(28)42)41-44-39(24-11-4-3-5-12-24)43-40(45-41)25-19-20-36-31(21-25)26-13-6-8-17-34(26)46-36/h3-23H,1-2H3. The molecular weight excluding hydrogens is 578 g/mol. The van der Waals surface area contributed by atoms with Crippen LogP contribution >= 0.6 is 0 Å². The van der Waals surface area contributed by atoms with Crippen molar-refractivity contribution in [3.63, 3.8) is 0 Å². The molecule has 0 amide bonds. The Labute approximate surface area is 270 Å². The highest BCUT2D eigenvalue weighted by Gasteiger charge is 2.39. The van der Waals surface area contributed by atoms with Gasteiger partial charge in [0.25, 0.3) is 0 Å². The molecule has 0 spiro atoms. The number of furan rings is 2. The fraction of sp³-hybridized carbons (Fsp3) is 0.0714. The number of rotatable bonds is 3. The van der Waals surface area contributed by atoms with Gasteiger partial charge in [0.15, 0.2) is 17.5 Å². The second-order valence-electron chi connectivity index (χ2n) is 12.8. The van der Waals surface area contributed by atoms with Gasteiger partial charge in [-0.1, -0.05) is 98.8 Å². The van der Waals surface area contributed by atoms with Crippen LogP contribution in [0.4, 0.5) is 0 Å². The molecule has 1 aliphatic carbocycles. The fourth-order valence-corrected chi connectivity index (χ4v) is 7.49. The molecule has 0 unspecified atom stereocenters. The van der Waals surface area contributed by atoms with Gasteiger partial charge in [0.05, 0.1) is 0 Å². The second kappa shape index (κ2) is 9.47. The number of benzene rings is 6. The van der Waals surface area contributed by atoms with Crippen molar-refractivity contribution in [3.8, 4) is 45.3 Å². The highest BCUT2D eigenvalue weighted by Crippen LogP contribution is 2.53. The van der Waals surface area contributed by atoms with E-state index in [2.05, 4.69) is 68.4 Å². The van der Waals surface area contributed by atoms with Crippen molar-refractivity contribution in [1.82, 2.24) is 15.0 Å². The third kappa shape index (κ3) is 3.80. The zero-order valence-corrected chi connectivity index (χ0v) is 25.8. The summed E-state index contributed by atoms with van der Waals surface area (Å²) in [7, 11) is 0. The number of hydrogen-bond donors (Lipinski definition) is 0. The zero-order chi connectivity index (χ0) is 31.3. The average molecular weight is 606 g/mol. The summed E-state index contributed by atoms with van der Waals surface area (Å²) in [6.45, 7) is 4.57. The predicted octanol–water partition coefficient (Wildman–Crippen LogP) is 11.0. The van der Waals surface area contributed by atoms with Gasteiger partial charge >= 0.3 is 0 Å². The van der Waals surface area contributed by atoms with E-state index in [-0.39, 0.29) is 5.41 Å². The highest BCUT2D eigenvalue weighted by atomic mass is 16.3. The molecule has 0 saturated carbocycles. The highest BCUT2D eigenvalue weighted by molar-refractivity contribution is 6.08. The Balaban J connectivity index is 1.20. The topological polar surface area (TPSA) is 65.0 Å². The van der Waals surface area contributed by atoms with Crippen molar-refractivity contribution >= 4 is 43.9 Å². The van der Waals surface area contributed by atoms with Crippen LogP contribution in [0.2, 0.25) is 0 Å². The van der Waals surface area contributed by atoms with Gasteiger partial charge in [0.2, 0.25) is 0 Å². The number of hydrogen-bond acceptors (Lipinski definition) is 5. The molecule has 5 nitrogen and oxygen atoms in total. The SMILES string of the molecule is CC1(C)c2cc3oc4ccccc4c3cc2-c2cccc(-c3nc(-c4ccccc4)nc(-c4ccc5oc6ccccc6c5c4)n3)c21. The number of nitrogens with zero attached hydrogens (tertiary/aromatic N) is 3. The summed E-state index contributed by atoms with van der Waals surface area (Å²) < 4.78 is 12.4. The molecule has 0 N–H and O–H groups in total. The van der Waals surface area contributed by atoms with Gasteiger partial charge in [-0.05, 0) is 64.7 Å². The molecule has 6 aromatic carbocycles. The van der Waals surface area contributed by atoms with Crippen LogP contribution in [0.15, 0.2) is 136 Å². The minimum absolute atomic E-state index is 0.317. The molecule has 3 aromatic heterocycles. The molecule has 1 aliphatic rings. The monoisotopic (exact) mass is 605 g/mol. The normalized spacial score (nSPS) is 13.5. The van der Waals surface area contributed by atoms with E-state index in [1.165, 1.54) is 22.3 Å². The summed E-state index contributed by atoms with van der Waals surface area (Å²) in [5, 5.41) is 4.37. The van der Waals surface area contributed by atoms with E-state index < -0.39 is 0 Å². The first kappa shape index (κ1) is 26.2. The molecule has 222 valence electrons. The summed E-state index contributed by atoms with van der Waals surface area (Å²) in [6.07, 6.45) is 0. The van der Waals surface area contributed by atoms with Gasteiger partial charge in [-0.3, -0.25) is 0 Å². The van der Waals surface area contributed by atoms with Gasteiger partial charge in [0, 0.05) is 43.7 Å². The van der Waals surface area contributed by atoms with Crippen molar-refractivity contribution in [2.75, 3.05) is 0 Å². The van der Waals surface area contributed by atoms with E-state index in [1.807, 2.05) is 72.8 Å². The molecule has 5 heteroatoms. The Morgan fingerprint density at radius 3 is 1.79 bits per heavy atom. The third-order valence-corrected chi connectivity index (χ3v) is 9.71. The van der Waals surface area contributed by atoms with Crippen LogP contribution in [0.1, 0.15) is 25.0 Å². The number of fused-ring (bicyclic) bond motifs is 9. The van der Waals surface area contributed by atoms with E-state index in [9.17, 15) is 0 Å². The quantitative estimate of drug-likeness (QED) is 0.200. The first-order chi connectivity index (χ1) is 23.0. The average Bonchev–Trinajstić information content (AvgIpc) is 3.75. The van der Waals surface area contributed by atoms with Crippen LogP contribution in [0.5, 0.6) is 0 Å². The van der Waals surface area contributed by atoms with E-state index in [1.54, 1.807) is 0 Å². The molecule has 3 heterocycles. The van der Waals surface area contributed by atoms with Crippen LogP contribution in [0.3, 0.4) is 0 Å². The van der Waals surface area contributed by atoms with Crippen molar-refractivity contribution < 1.29 is 8.83 Å². The molecule has 10 rings (SSSR count). The summed E-state index contributed by atoms with van der Waals surface area (Å²) in [5.74, 6) is 1.91. The Morgan fingerprint density at radius 2 is 1.02 bits per heavy atom. The Morgan fingerprint density at radius 1 is 0.426 bits per heavy atom. The summed E-state index contributed by atoms with van der Waals surface area (Å²) >= 11 is 0. The van der Waals surface area contributed by atoms with Crippen molar-refractivity contribution in [3.05, 3.63) is 139 Å². The van der Waals surface area contributed by atoms with Crippen molar-refractivity contribution in [1.29, 1.82) is 0 Å². The smallest absolute Gasteiger partial charge is 0.164 e. The van der Waals surface area contributed by atoms with Gasteiger partial charge in [-0.2, -0.15) is 0 Å². The molecule has 0 bridgehead atoms. The van der Waals surface area contributed by atoms with Gasteiger partial charge in [0.1, 0.15) is 22.3 Å². The fourth-order valence-electron chi connectivity index (χ4n) is 7.49. The molecule has 0 fully saturated rings. The molecule has 0 aliphatic heterocycles. The van der Waals surface area contributed by atoms with E-state index >= 15 is 0 Å². The molecule has 47 heavy (non-hydrogen) atoms. The first-order valence-corrected chi connectivity index (χ1v) is 15.9. The lowest BCUT2D eigenvalue weighted by molar-refractivity contribution is 0.648. The lowest BCUT2D eigenvalue weighted by Crippen LogP contribution is -2.17. The van der Waals surface area contributed by atoms with Crippen LogP contribution < -0.4 is 0 Å². The maximum Gasteiger partial charge on any atom is 0.164 e. The lowest BCUT2D eigenvalue weighted by atomic mass is 9.80. The first-order valence-electron chi connectivity index (χ1n) is 15.9. The molecule has 0 saturated heterocycles. The minimum atomic E-state index is -0.317. The summed E-state index contributed by atoms with van der Waals surface area (Å²) in [6, 6.07) is 43.7. The summed E-state index contributed by atoms with van der Waals surface area (Å²) in [5.41, 5.74) is 10.9. The largest absolute Gasteiger partial charge is 0.456 e. The zero-order valence-electron chi connectivity index (χ0n) is 25.8. The van der Waals surface area contributed by atoms with E-state index in [4.69, 9.17) is 23.8 Å². The second-order valence-corrected chi connectivity index (χ2v) is 12.8. The summed E-state index contributed by atoms with van der Waals surface area (Å²) in [4.78, 5) is 15.4. The molecule has 9 aromatic rings. The third-order valence-electron chi connectivity index (χ3n) is 9.71. The van der Waals surface area contributed by atoms with Crippen molar-refractivity contribution in [2.45, 2.75) is 19.3 Å². The van der Waals surface area contributed by atoms with Crippen molar-refractivity contribution in [2.24, 2.45) is 0 Å². The predicted molar refractivity (Wildman–Crippen MR) is 188 cm³/mol. The number of aromatic nitrogens is 3. The molecular formula is C42H27N3O2. The lowest BCUT2D eigenvalue weighted by Gasteiger charge is -2.24. The Bertz CT molecular complexity index is 2720. The van der Waals surface area contributed by atoms with Crippen LogP contribution in [-0.2, 0) is 5.41 Å². The van der Waals surface area contributed by atoms with Gasteiger partial charge in [-0.25, -0.2) is 15.0 Å². The molecule has 0 atom stereocenters.